The van der Waals surface area contributed by atoms with E-state index in [0.717, 1.165) is 12.8 Å². The smallest absolute Gasteiger partial charge is 0.221 e. The lowest BCUT2D eigenvalue weighted by molar-refractivity contribution is -0.121. The largest absolute Gasteiger partial charge is 0.394 e. The van der Waals surface area contributed by atoms with E-state index in [9.17, 15) is 9.90 Å². The first kappa shape index (κ1) is 13.5. The summed E-state index contributed by atoms with van der Waals surface area (Å²) in [6.07, 6.45) is 4.88. The Bertz CT molecular complexity index is 223. The molecule has 16 heavy (non-hydrogen) atoms. The highest BCUT2D eigenvalue weighted by molar-refractivity contribution is 5.76. The van der Waals surface area contributed by atoms with E-state index in [4.69, 9.17) is 0 Å². The summed E-state index contributed by atoms with van der Waals surface area (Å²) in [6.45, 7) is 4.74. The molecular formula is C12H24N2O2. The monoisotopic (exact) mass is 228 g/mol. The topological polar surface area (TPSA) is 61.4 Å². The predicted octanol–water partition coefficient (Wildman–Crippen LogP) is 0.796. The summed E-state index contributed by atoms with van der Waals surface area (Å²) in [5, 5.41) is 15.6. The van der Waals surface area contributed by atoms with Crippen molar-refractivity contribution < 1.29 is 9.90 Å². The van der Waals surface area contributed by atoms with Crippen LogP contribution >= 0.6 is 0 Å². The van der Waals surface area contributed by atoms with Crippen LogP contribution in [-0.2, 0) is 4.79 Å². The average Bonchev–Trinajstić information content (AvgIpc) is 2.66. The lowest BCUT2D eigenvalue weighted by Crippen LogP contribution is -2.47. The van der Waals surface area contributed by atoms with Crippen molar-refractivity contribution in [3.05, 3.63) is 0 Å². The van der Waals surface area contributed by atoms with Gasteiger partial charge in [0, 0.05) is 24.5 Å². The van der Waals surface area contributed by atoms with Crippen molar-refractivity contribution in [3.63, 3.8) is 0 Å². The molecule has 0 heterocycles. The van der Waals surface area contributed by atoms with Crippen LogP contribution in [0.15, 0.2) is 0 Å². The molecule has 1 amide bonds. The molecule has 0 unspecified atom stereocenters. The minimum atomic E-state index is -0.113. The fourth-order valence-electron chi connectivity index (χ4n) is 2.28. The van der Waals surface area contributed by atoms with Gasteiger partial charge in [-0.2, -0.15) is 0 Å². The lowest BCUT2D eigenvalue weighted by atomic mass is 9.99. The molecule has 0 aromatic carbocycles. The van der Waals surface area contributed by atoms with Crippen LogP contribution in [-0.4, -0.2) is 35.7 Å². The van der Waals surface area contributed by atoms with Gasteiger partial charge < -0.3 is 15.7 Å². The van der Waals surface area contributed by atoms with Gasteiger partial charge in [0.2, 0.25) is 5.91 Å². The summed E-state index contributed by atoms with van der Waals surface area (Å²) < 4.78 is 0. The number of amides is 1. The molecule has 1 rings (SSSR count). The van der Waals surface area contributed by atoms with E-state index in [2.05, 4.69) is 10.6 Å². The van der Waals surface area contributed by atoms with Crippen LogP contribution in [0.2, 0.25) is 0 Å². The van der Waals surface area contributed by atoms with Crippen LogP contribution in [0.5, 0.6) is 0 Å². The van der Waals surface area contributed by atoms with Gasteiger partial charge in [-0.1, -0.05) is 12.8 Å². The molecule has 1 aliphatic rings. The molecule has 0 saturated heterocycles. The van der Waals surface area contributed by atoms with Gasteiger partial charge in [-0.25, -0.2) is 0 Å². The van der Waals surface area contributed by atoms with Crippen LogP contribution < -0.4 is 10.6 Å². The van der Waals surface area contributed by atoms with Crippen molar-refractivity contribution >= 4 is 5.91 Å². The highest BCUT2D eigenvalue weighted by Crippen LogP contribution is 2.28. The van der Waals surface area contributed by atoms with Crippen LogP contribution in [0.1, 0.15) is 46.0 Å². The first-order chi connectivity index (χ1) is 7.58. The molecule has 1 aliphatic carbocycles. The fraction of sp³-hybridized carbons (Fsp3) is 0.917. The van der Waals surface area contributed by atoms with Crippen LogP contribution in [0.3, 0.4) is 0 Å². The second-order valence-electron chi connectivity index (χ2n) is 5.04. The summed E-state index contributed by atoms with van der Waals surface area (Å²) in [5.41, 5.74) is -0.113. The van der Waals surface area contributed by atoms with Gasteiger partial charge in [0.25, 0.3) is 0 Å². The molecule has 1 saturated carbocycles. The lowest BCUT2D eigenvalue weighted by Gasteiger charge is -2.28. The Morgan fingerprint density at radius 3 is 2.50 bits per heavy atom. The number of hydrogen-bond acceptors (Lipinski definition) is 3. The molecule has 1 fully saturated rings. The van der Waals surface area contributed by atoms with Crippen molar-refractivity contribution in [2.75, 3.05) is 13.2 Å². The molecule has 0 bridgehead atoms. The SMILES string of the molecule is CC(C)NC(=O)CCNC1(CO)CCCC1. The van der Waals surface area contributed by atoms with E-state index in [-0.39, 0.29) is 24.1 Å². The molecule has 3 N–H and O–H groups in total. The number of hydrogen-bond donors (Lipinski definition) is 3. The van der Waals surface area contributed by atoms with Crippen molar-refractivity contribution in [2.45, 2.75) is 57.5 Å². The Balaban J connectivity index is 2.21. The Morgan fingerprint density at radius 1 is 1.38 bits per heavy atom. The number of rotatable bonds is 6. The van der Waals surface area contributed by atoms with Crippen LogP contribution in [0.4, 0.5) is 0 Å². The van der Waals surface area contributed by atoms with Gasteiger partial charge >= 0.3 is 0 Å². The third-order valence-corrected chi connectivity index (χ3v) is 3.17. The average molecular weight is 228 g/mol. The third kappa shape index (κ3) is 4.10. The molecule has 0 radical (unpaired) electrons. The Hall–Kier alpha value is -0.610. The van der Waals surface area contributed by atoms with E-state index in [1.165, 1.54) is 12.8 Å². The molecule has 0 aromatic rings. The maximum atomic E-state index is 11.4. The Morgan fingerprint density at radius 2 is 2.00 bits per heavy atom. The molecule has 0 atom stereocenters. The fourth-order valence-corrected chi connectivity index (χ4v) is 2.28. The first-order valence-electron chi connectivity index (χ1n) is 6.23. The summed E-state index contributed by atoms with van der Waals surface area (Å²) >= 11 is 0. The Kier molecular flexibility index (Phi) is 5.22. The second kappa shape index (κ2) is 6.21. The number of aliphatic hydroxyl groups is 1. The van der Waals surface area contributed by atoms with E-state index in [0.29, 0.717) is 13.0 Å². The van der Waals surface area contributed by atoms with E-state index in [1.54, 1.807) is 0 Å². The summed E-state index contributed by atoms with van der Waals surface area (Å²) in [4.78, 5) is 11.4. The zero-order valence-corrected chi connectivity index (χ0v) is 10.4. The maximum Gasteiger partial charge on any atom is 0.221 e. The predicted molar refractivity (Wildman–Crippen MR) is 64.2 cm³/mol. The maximum absolute atomic E-state index is 11.4. The van der Waals surface area contributed by atoms with Gasteiger partial charge in [0.1, 0.15) is 0 Å². The molecule has 94 valence electrons. The van der Waals surface area contributed by atoms with Gasteiger partial charge in [-0.15, -0.1) is 0 Å². The van der Waals surface area contributed by atoms with Gasteiger partial charge in [-0.3, -0.25) is 4.79 Å². The van der Waals surface area contributed by atoms with E-state index < -0.39 is 0 Å². The molecule has 0 aromatic heterocycles. The number of aliphatic hydroxyl groups excluding tert-OH is 1. The standard InChI is InChI=1S/C12H24N2O2/c1-10(2)14-11(16)5-8-13-12(9-15)6-3-4-7-12/h10,13,15H,3-9H2,1-2H3,(H,14,16). The summed E-state index contributed by atoms with van der Waals surface area (Å²) in [5.74, 6) is 0.0774. The molecule has 4 heteroatoms. The van der Waals surface area contributed by atoms with E-state index in [1.807, 2.05) is 13.8 Å². The van der Waals surface area contributed by atoms with Crippen molar-refractivity contribution in [3.8, 4) is 0 Å². The molecule has 4 nitrogen and oxygen atoms in total. The summed E-state index contributed by atoms with van der Waals surface area (Å²) in [6, 6.07) is 0.200. The van der Waals surface area contributed by atoms with Gasteiger partial charge in [0.05, 0.1) is 6.61 Å². The minimum Gasteiger partial charge on any atom is -0.394 e. The van der Waals surface area contributed by atoms with Gasteiger partial charge in [-0.05, 0) is 26.7 Å². The van der Waals surface area contributed by atoms with Crippen LogP contribution in [0.25, 0.3) is 0 Å². The highest BCUT2D eigenvalue weighted by Gasteiger charge is 2.32. The normalized spacial score (nSPS) is 19.0. The van der Waals surface area contributed by atoms with Crippen molar-refractivity contribution in [1.29, 1.82) is 0 Å². The summed E-state index contributed by atoms with van der Waals surface area (Å²) in [7, 11) is 0. The third-order valence-electron chi connectivity index (χ3n) is 3.17. The molecule has 0 spiro atoms. The van der Waals surface area contributed by atoms with E-state index >= 15 is 0 Å². The highest BCUT2D eigenvalue weighted by atomic mass is 16.3. The first-order valence-corrected chi connectivity index (χ1v) is 6.23. The van der Waals surface area contributed by atoms with Crippen molar-refractivity contribution in [1.82, 2.24) is 10.6 Å². The minimum absolute atomic E-state index is 0.0774. The second-order valence-corrected chi connectivity index (χ2v) is 5.04. The molecular weight excluding hydrogens is 204 g/mol. The zero-order chi connectivity index (χ0) is 12.0. The van der Waals surface area contributed by atoms with Gasteiger partial charge in [0.15, 0.2) is 0 Å². The number of carbonyl (C=O) groups is 1. The molecule has 0 aliphatic heterocycles. The zero-order valence-electron chi connectivity index (χ0n) is 10.4. The Labute approximate surface area is 97.8 Å². The number of nitrogens with one attached hydrogen (secondary N) is 2. The van der Waals surface area contributed by atoms with Crippen molar-refractivity contribution in [2.24, 2.45) is 0 Å². The number of carbonyl (C=O) groups excluding carboxylic acids is 1. The quantitative estimate of drug-likeness (QED) is 0.630. The van der Waals surface area contributed by atoms with Crippen LogP contribution in [0, 0.1) is 0 Å².